The zero-order valence-electron chi connectivity index (χ0n) is 11.6. The fraction of sp³-hybridized carbons (Fsp3) is 0.429. The summed E-state index contributed by atoms with van der Waals surface area (Å²) in [5.74, 6) is 0.669. The summed E-state index contributed by atoms with van der Waals surface area (Å²) in [6.07, 6.45) is 0.269. The number of amides is 1. The minimum Gasteiger partial charge on any atom is -0.493 e. The van der Waals surface area contributed by atoms with Crippen molar-refractivity contribution in [2.45, 2.75) is 19.3 Å². The molecule has 0 heterocycles. The fourth-order valence-electron chi connectivity index (χ4n) is 1.71. The third-order valence-corrected chi connectivity index (χ3v) is 2.98. The maximum absolute atomic E-state index is 11.0. The maximum Gasteiger partial charge on any atom is 0.284 e. The van der Waals surface area contributed by atoms with Gasteiger partial charge in [-0.1, -0.05) is 19.9 Å². The summed E-state index contributed by atoms with van der Waals surface area (Å²) in [6.45, 7) is 4.30. The Balaban J connectivity index is 2.94. The van der Waals surface area contributed by atoms with Gasteiger partial charge in [0, 0.05) is 12.0 Å². The topological polar surface area (TPSA) is 64.6 Å². The van der Waals surface area contributed by atoms with Gasteiger partial charge in [-0.2, -0.15) is 0 Å². The van der Waals surface area contributed by atoms with Gasteiger partial charge in [-0.05, 0) is 17.7 Å². The van der Waals surface area contributed by atoms with Gasteiger partial charge in [0.25, 0.3) is 5.91 Å². The monoisotopic (exact) mass is 265 g/mol. The van der Waals surface area contributed by atoms with Crippen molar-refractivity contribution in [3.63, 3.8) is 0 Å². The van der Waals surface area contributed by atoms with Crippen LogP contribution in [-0.2, 0) is 15.0 Å². The van der Waals surface area contributed by atoms with E-state index in [1.165, 1.54) is 0 Å². The first-order chi connectivity index (χ1) is 8.94. The van der Waals surface area contributed by atoms with Gasteiger partial charge in [0.1, 0.15) is 0 Å². The SMILES string of the molecule is COc1ccc(C(C)(C)CNC(=O)C=O)cc1OC. The molecule has 104 valence electrons. The number of aldehydes is 1. The summed E-state index contributed by atoms with van der Waals surface area (Å²) in [4.78, 5) is 21.3. The molecule has 0 aliphatic carbocycles. The van der Waals surface area contributed by atoms with Crippen LogP contribution in [0.3, 0.4) is 0 Å². The van der Waals surface area contributed by atoms with Crippen molar-refractivity contribution in [3.8, 4) is 11.5 Å². The largest absolute Gasteiger partial charge is 0.493 e. The molecule has 0 atom stereocenters. The molecule has 19 heavy (non-hydrogen) atoms. The van der Waals surface area contributed by atoms with E-state index in [-0.39, 0.29) is 11.7 Å². The van der Waals surface area contributed by atoms with Crippen LogP contribution in [0, 0.1) is 0 Å². The number of hydrogen-bond acceptors (Lipinski definition) is 4. The minimum atomic E-state index is -0.617. The first-order valence-electron chi connectivity index (χ1n) is 5.90. The summed E-state index contributed by atoms with van der Waals surface area (Å²) >= 11 is 0. The summed E-state index contributed by atoms with van der Waals surface area (Å²) in [5.41, 5.74) is 0.662. The number of carbonyl (C=O) groups excluding carboxylic acids is 2. The van der Waals surface area contributed by atoms with Crippen LogP contribution in [0.2, 0.25) is 0 Å². The molecule has 0 spiro atoms. The fourth-order valence-corrected chi connectivity index (χ4v) is 1.71. The first-order valence-corrected chi connectivity index (χ1v) is 5.90. The van der Waals surface area contributed by atoms with Crippen molar-refractivity contribution in [1.82, 2.24) is 5.32 Å². The van der Waals surface area contributed by atoms with E-state index in [9.17, 15) is 9.59 Å². The van der Waals surface area contributed by atoms with Crippen molar-refractivity contribution in [2.24, 2.45) is 0 Å². The van der Waals surface area contributed by atoms with Crippen molar-refractivity contribution < 1.29 is 19.1 Å². The molecule has 1 N–H and O–H groups in total. The lowest BCUT2D eigenvalue weighted by Crippen LogP contribution is -2.37. The summed E-state index contributed by atoms with van der Waals surface area (Å²) < 4.78 is 10.4. The molecule has 0 fully saturated rings. The van der Waals surface area contributed by atoms with E-state index < -0.39 is 5.91 Å². The van der Waals surface area contributed by atoms with Crippen molar-refractivity contribution in [2.75, 3.05) is 20.8 Å². The van der Waals surface area contributed by atoms with Crippen LogP contribution in [0.5, 0.6) is 11.5 Å². The van der Waals surface area contributed by atoms with Gasteiger partial charge in [-0.25, -0.2) is 0 Å². The van der Waals surface area contributed by atoms with Crippen molar-refractivity contribution in [3.05, 3.63) is 23.8 Å². The number of rotatable bonds is 6. The molecule has 0 bridgehead atoms. The van der Waals surface area contributed by atoms with Gasteiger partial charge in [-0.15, -0.1) is 0 Å². The molecule has 1 aromatic carbocycles. The molecule has 1 amide bonds. The van der Waals surface area contributed by atoms with Crippen LogP contribution in [0.4, 0.5) is 0 Å². The molecular weight excluding hydrogens is 246 g/mol. The molecule has 5 nitrogen and oxygen atoms in total. The zero-order valence-corrected chi connectivity index (χ0v) is 11.6. The van der Waals surface area contributed by atoms with Gasteiger partial charge in [0.15, 0.2) is 11.5 Å². The van der Waals surface area contributed by atoms with Crippen LogP contribution in [0.15, 0.2) is 18.2 Å². The van der Waals surface area contributed by atoms with E-state index in [4.69, 9.17) is 9.47 Å². The van der Waals surface area contributed by atoms with Crippen LogP contribution < -0.4 is 14.8 Å². The smallest absolute Gasteiger partial charge is 0.284 e. The Morgan fingerprint density at radius 2 is 1.89 bits per heavy atom. The molecule has 0 unspecified atom stereocenters. The number of ether oxygens (including phenoxy) is 2. The summed E-state index contributed by atoms with van der Waals surface area (Å²) in [7, 11) is 3.15. The minimum absolute atomic E-state index is 0.269. The van der Waals surface area contributed by atoms with Crippen molar-refractivity contribution in [1.29, 1.82) is 0 Å². The average Bonchev–Trinajstić information content (AvgIpc) is 2.43. The van der Waals surface area contributed by atoms with E-state index in [0.717, 1.165) is 5.56 Å². The molecule has 1 aromatic rings. The number of hydrogen-bond donors (Lipinski definition) is 1. The zero-order chi connectivity index (χ0) is 14.5. The lowest BCUT2D eigenvalue weighted by Gasteiger charge is -2.26. The number of carbonyl (C=O) groups is 2. The highest BCUT2D eigenvalue weighted by atomic mass is 16.5. The standard InChI is InChI=1S/C14H19NO4/c1-14(2,9-15-13(17)8-16)10-5-6-11(18-3)12(7-10)19-4/h5-8H,9H2,1-4H3,(H,15,17). The first kappa shape index (κ1) is 15.0. The molecular formula is C14H19NO4. The van der Waals surface area contributed by atoms with Crippen molar-refractivity contribution >= 4 is 12.2 Å². The van der Waals surface area contributed by atoms with Crippen LogP contribution in [0.1, 0.15) is 19.4 Å². The van der Waals surface area contributed by atoms with Gasteiger partial charge < -0.3 is 14.8 Å². The predicted molar refractivity (Wildman–Crippen MR) is 71.6 cm³/mol. The van der Waals surface area contributed by atoms with E-state index in [1.54, 1.807) is 14.2 Å². The Morgan fingerprint density at radius 3 is 2.42 bits per heavy atom. The highest BCUT2D eigenvalue weighted by Gasteiger charge is 2.22. The predicted octanol–water partition coefficient (Wildman–Crippen LogP) is 1.30. The highest BCUT2D eigenvalue weighted by molar-refractivity contribution is 6.23. The Morgan fingerprint density at radius 1 is 1.26 bits per heavy atom. The lowest BCUT2D eigenvalue weighted by atomic mass is 9.84. The molecule has 0 aliphatic heterocycles. The second-order valence-electron chi connectivity index (χ2n) is 4.79. The second-order valence-corrected chi connectivity index (χ2v) is 4.79. The molecule has 0 aromatic heterocycles. The highest BCUT2D eigenvalue weighted by Crippen LogP contribution is 2.32. The summed E-state index contributed by atoms with van der Waals surface area (Å²) in [6, 6.07) is 5.60. The number of benzene rings is 1. The third-order valence-electron chi connectivity index (χ3n) is 2.98. The molecule has 0 radical (unpaired) electrons. The molecule has 5 heteroatoms. The van der Waals surface area contributed by atoms with Gasteiger partial charge >= 0.3 is 0 Å². The van der Waals surface area contributed by atoms with Crippen LogP contribution >= 0.6 is 0 Å². The molecule has 1 rings (SSSR count). The van der Waals surface area contributed by atoms with Gasteiger partial charge in [0.05, 0.1) is 14.2 Å². The molecule has 0 saturated carbocycles. The normalized spacial score (nSPS) is 10.7. The Labute approximate surface area is 112 Å². The quantitative estimate of drug-likeness (QED) is 0.622. The molecule has 0 aliphatic rings. The average molecular weight is 265 g/mol. The maximum atomic E-state index is 11.0. The van der Waals surface area contributed by atoms with E-state index in [1.807, 2.05) is 32.0 Å². The number of methoxy groups -OCH3 is 2. The van der Waals surface area contributed by atoms with Crippen LogP contribution in [-0.4, -0.2) is 33.0 Å². The Bertz CT molecular complexity index is 469. The van der Waals surface area contributed by atoms with Gasteiger partial charge in [-0.3, -0.25) is 9.59 Å². The molecule has 0 saturated heterocycles. The third kappa shape index (κ3) is 3.71. The van der Waals surface area contributed by atoms with E-state index in [2.05, 4.69) is 5.32 Å². The second kappa shape index (κ2) is 6.22. The van der Waals surface area contributed by atoms with Crippen LogP contribution in [0.25, 0.3) is 0 Å². The number of nitrogens with one attached hydrogen (secondary N) is 1. The van der Waals surface area contributed by atoms with Gasteiger partial charge in [0.2, 0.25) is 6.29 Å². The lowest BCUT2D eigenvalue weighted by molar-refractivity contribution is -0.131. The summed E-state index contributed by atoms with van der Waals surface area (Å²) in [5, 5.41) is 2.56. The Kier molecular flexibility index (Phi) is 4.92. The Hall–Kier alpha value is -2.04. The van der Waals surface area contributed by atoms with E-state index >= 15 is 0 Å². The van der Waals surface area contributed by atoms with E-state index in [0.29, 0.717) is 18.0 Å².